The fraction of sp³-hybridized carbons (Fsp3) is 0.889. The molecule has 0 spiro atoms. The first kappa shape index (κ1) is 21.7. The molecule has 0 fully saturated rings. The Balaban J connectivity index is 4.72. The summed E-state index contributed by atoms with van der Waals surface area (Å²) in [6.07, 6.45) is 10.8. The normalized spacial score (nSPS) is 13.2. The molecular weight excluding hydrogens is 379 g/mol. The van der Waals surface area contributed by atoms with E-state index in [-0.39, 0.29) is 0 Å². The van der Waals surface area contributed by atoms with Gasteiger partial charge in [0.15, 0.2) is 0 Å². The molecule has 0 heterocycles. The molecule has 126 valence electrons. The van der Waals surface area contributed by atoms with Crippen molar-refractivity contribution in [3.63, 3.8) is 0 Å². The number of rotatable bonds is 13. The van der Waals surface area contributed by atoms with Crippen molar-refractivity contribution < 1.29 is 4.43 Å². The zero-order valence-corrected chi connectivity index (χ0v) is 19.5. The maximum atomic E-state index is 6.02. The van der Waals surface area contributed by atoms with E-state index in [0.29, 0.717) is 0 Å². The summed E-state index contributed by atoms with van der Waals surface area (Å²) in [5, 5.41) is 0. The van der Waals surface area contributed by atoms with Crippen LogP contribution in [0.3, 0.4) is 0 Å². The van der Waals surface area contributed by atoms with Gasteiger partial charge < -0.3 is 0 Å². The van der Waals surface area contributed by atoms with Crippen LogP contribution in [-0.2, 0) is 4.43 Å². The van der Waals surface area contributed by atoms with Gasteiger partial charge in [-0.15, -0.1) is 0 Å². The van der Waals surface area contributed by atoms with Crippen molar-refractivity contribution in [2.45, 2.75) is 92.2 Å². The van der Waals surface area contributed by atoms with Crippen molar-refractivity contribution in [3.05, 3.63) is 10.2 Å². The molecule has 0 aromatic rings. The van der Waals surface area contributed by atoms with Crippen LogP contribution >= 0.6 is 0 Å². The zero-order chi connectivity index (χ0) is 16.2. The molecule has 0 saturated carbocycles. The molecule has 0 N–H and O–H groups in total. The topological polar surface area (TPSA) is 9.23 Å². The molecule has 0 aliphatic rings. The first-order chi connectivity index (χ1) is 9.89. The van der Waals surface area contributed by atoms with Gasteiger partial charge in [0.1, 0.15) is 0 Å². The first-order valence-electron chi connectivity index (χ1n) is 9.21. The van der Waals surface area contributed by atoms with Gasteiger partial charge >= 0.3 is 140 Å². The van der Waals surface area contributed by atoms with E-state index in [0.717, 1.165) is 6.61 Å². The standard InChI is InChI=1S/C6H13OSi.3C4H9.Sn/c1-5-6-7-8(2,3)4;3*1-3-4-2;/h1,5H,6H2,2-4H3;3*1,3-4H2,2H3;. The van der Waals surface area contributed by atoms with Crippen LogP contribution in [0.15, 0.2) is 10.2 Å². The Morgan fingerprint density at radius 1 is 0.810 bits per heavy atom. The zero-order valence-electron chi connectivity index (χ0n) is 15.6. The predicted molar refractivity (Wildman–Crippen MR) is 103 cm³/mol. The van der Waals surface area contributed by atoms with Gasteiger partial charge in [-0.25, -0.2) is 0 Å². The van der Waals surface area contributed by atoms with Gasteiger partial charge in [-0.1, -0.05) is 0 Å². The molecule has 1 nitrogen and oxygen atoms in total. The monoisotopic (exact) mass is 420 g/mol. The molecule has 0 amide bonds. The number of hydrogen-bond donors (Lipinski definition) is 0. The molecule has 21 heavy (non-hydrogen) atoms. The third-order valence-electron chi connectivity index (χ3n) is 4.17. The first-order valence-corrected chi connectivity index (χ1v) is 20.3. The van der Waals surface area contributed by atoms with E-state index in [2.05, 4.69) is 50.6 Å². The Kier molecular flexibility index (Phi) is 12.6. The third kappa shape index (κ3) is 11.9. The summed E-state index contributed by atoms with van der Waals surface area (Å²) in [6, 6.07) is 0. The van der Waals surface area contributed by atoms with E-state index < -0.39 is 26.7 Å². The van der Waals surface area contributed by atoms with Gasteiger partial charge in [0.05, 0.1) is 0 Å². The Labute approximate surface area is 139 Å². The van der Waals surface area contributed by atoms with Gasteiger partial charge in [0.25, 0.3) is 0 Å². The Hall–Kier alpha value is 0.716. The van der Waals surface area contributed by atoms with Gasteiger partial charge in [-0.05, 0) is 0 Å². The Morgan fingerprint density at radius 3 is 1.57 bits per heavy atom. The molecule has 0 atom stereocenters. The van der Waals surface area contributed by atoms with Gasteiger partial charge in [-0.3, -0.25) is 0 Å². The molecule has 0 aromatic heterocycles. The summed E-state index contributed by atoms with van der Waals surface area (Å²) in [4.78, 5) is 0. The van der Waals surface area contributed by atoms with E-state index in [1.807, 2.05) is 0 Å². The molecule has 0 saturated heterocycles. The summed E-state index contributed by atoms with van der Waals surface area (Å²) in [7, 11) is -1.36. The van der Waals surface area contributed by atoms with Crippen molar-refractivity contribution in [2.75, 3.05) is 6.61 Å². The maximum absolute atomic E-state index is 6.02. The van der Waals surface area contributed by atoms with E-state index >= 15 is 0 Å². The summed E-state index contributed by atoms with van der Waals surface area (Å²) in [6.45, 7) is 14.7. The van der Waals surface area contributed by atoms with Crippen molar-refractivity contribution in [1.82, 2.24) is 0 Å². The van der Waals surface area contributed by atoms with Crippen LogP contribution in [0.25, 0.3) is 0 Å². The average Bonchev–Trinajstić information content (AvgIpc) is 2.43. The SMILES string of the molecule is CCC[CH2][Sn](/[CH]=C/CO[Si](C)(C)C)([CH2]CCC)[CH2]CCC. The minimum atomic E-state index is -2.04. The van der Waals surface area contributed by atoms with E-state index in [1.54, 1.807) is 13.3 Å². The third-order valence-corrected chi connectivity index (χ3v) is 19.4. The van der Waals surface area contributed by atoms with Gasteiger partial charge in [-0.2, -0.15) is 0 Å². The summed E-state index contributed by atoms with van der Waals surface area (Å²) in [5.41, 5.74) is 0. The molecule has 0 bridgehead atoms. The summed E-state index contributed by atoms with van der Waals surface area (Å²) >= 11 is -2.04. The molecule has 0 aliphatic heterocycles. The fourth-order valence-corrected chi connectivity index (χ4v) is 17.7. The molecule has 0 unspecified atom stereocenters. The van der Waals surface area contributed by atoms with E-state index in [9.17, 15) is 0 Å². The predicted octanol–water partition coefficient (Wildman–Crippen LogP) is 6.78. The van der Waals surface area contributed by atoms with E-state index in [1.165, 1.54) is 38.5 Å². The number of hydrogen-bond acceptors (Lipinski definition) is 1. The molecule has 0 aliphatic carbocycles. The van der Waals surface area contributed by atoms with Crippen molar-refractivity contribution in [3.8, 4) is 0 Å². The average molecular weight is 419 g/mol. The van der Waals surface area contributed by atoms with Crippen LogP contribution < -0.4 is 0 Å². The fourth-order valence-electron chi connectivity index (χ4n) is 2.81. The van der Waals surface area contributed by atoms with E-state index in [4.69, 9.17) is 4.43 Å². The van der Waals surface area contributed by atoms with Crippen LogP contribution in [0.5, 0.6) is 0 Å². The molecule has 3 heteroatoms. The quantitative estimate of drug-likeness (QED) is 0.299. The van der Waals surface area contributed by atoms with Crippen LogP contribution in [0.1, 0.15) is 59.3 Å². The van der Waals surface area contributed by atoms with Crippen LogP contribution in [-0.4, -0.2) is 33.3 Å². The van der Waals surface area contributed by atoms with Crippen molar-refractivity contribution in [1.29, 1.82) is 0 Å². The second-order valence-electron chi connectivity index (χ2n) is 7.50. The second kappa shape index (κ2) is 12.2. The molecular formula is C18H40OSiSn. The van der Waals surface area contributed by atoms with Crippen LogP contribution in [0.4, 0.5) is 0 Å². The summed E-state index contributed by atoms with van der Waals surface area (Å²) < 4.78 is 13.4. The molecule has 0 radical (unpaired) electrons. The Bertz CT molecular complexity index is 249. The Morgan fingerprint density at radius 2 is 1.24 bits per heavy atom. The van der Waals surface area contributed by atoms with Crippen molar-refractivity contribution in [2.24, 2.45) is 0 Å². The van der Waals surface area contributed by atoms with Crippen molar-refractivity contribution >= 4 is 26.7 Å². The van der Waals surface area contributed by atoms with Crippen LogP contribution in [0, 0.1) is 0 Å². The van der Waals surface area contributed by atoms with Gasteiger partial charge in [0, 0.05) is 0 Å². The molecule has 0 aromatic carbocycles. The van der Waals surface area contributed by atoms with Crippen LogP contribution in [0.2, 0.25) is 33.0 Å². The second-order valence-corrected chi connectivity index (χ2v) is 25.0. The molecule has 0 rings (SSSR count). The summed E-state index contributed by atoms with van der Waals surface area (Å²) in [5.74, 6) is 0. The van der Waals surface area contributed by atoms with Gasteiger partial charge in [0.2, 0.25) is 0 Å². The number of unbranched alkanes of at least 4 members (excludes halogenated alkanes) is 3. The minimum absolute atomic E-state index is 0.860.